The molecule has 1 aromatic carbocycles. The van der Waals surface area contributed by atoms with Gasteiger partial charge in [0, 0.05) is 18.3 Å². The van der Waals surface area contributed by atoms with Gasteiger partial charge in [0.1, 0.15) is 0 Å². The Hall–Kier alpha value is -2.28. The van der Waals surface area contributed by atoms with Crippen LogP contribution in [0.1, 0.15) is 20.3 Å². The lowest BCUT2D eigenvalue weighted by Gasteiger charge is -2.14. The Bertz CT molecular complexity index is 623. The Morgan fingerprint density at radius 2 is 2.19 bits per heavy atom. The van der Waals surface area contributed by atoms with Gasteiger partial charge in [0.25, 0.3) is 0 Å². The molecular formula is C14H19N5O2. The molecule has 0 radical (unpaired) electrons. The summed E-state index contributed by atoms with van der Waals surface area (Å²) in [5.41, 5.74) is 1.46. The summed E-state index contributed by atoms with van der Waals surface area (Å²) in [7, 11) is 1.75. The lowest BCUT2D eigenvalue weighted by Crippen LogP contribution is -2.23. The number of hydrogen-bond acceptors (Lipinski definition) is 5. The topological polar surface area (TPSA) is 92.9 Å². The van der Waals surface area contributed by atoms with Crippen LogP contribution in [-0.2, 0) is 11.8 Å². The minimum absolute atomic E-state index is 0.0480. The van der Waals surface area contributed by atoms with Crippen molar-refractivity contribution < 1.29 is 9.90 Å². The van der Waals surface area contributed by atoms with Crippen LogP contribution in [0.25, 0.3) is 11.4 Å². The van der Waals surface area contributed by atoms with Gasteiger partial charge in [-0.2, -0.15) is 0 Å². The summed E-state index contributed by atoms with van der Waals surface area (Å²) in [4.78, 5) is 11.9. The van der Waals surface area contributed by atoms with E-state index in [-0.39, 0.29) is 18.2 Å². The van der Waals surface area contributed by atoms with Crippen LogP contribution < -0.4 is 5.32 Å². The highest BCUT2D eigenvalue weighted by Crippen LogP contribution is 2.20. The summed E-state index contributed by atoms with van der Waals surface area (Å²) in [5, 5.41) is 23.8. The van der Waals surface area contributed by atoms with E-state index in [0.717, 1.165) is 5.56 Å². The van der Waals surface area contributed by atoms with Gasteiger partial charge < -0.3 is 10.4 Å². The van der Waals surface area contributed by atoms with E-state index in [2.05, 4.69) is 20.8 Å². The van der Waals surface area contributed by atoms with Crippen molar-refractivity contribution in [3.05, 3.63) is 24.3 Å². The Balaban J connectivity index is 2.08. The predicted octanol–water partition coefficient (Wildman–Crippen LogP) is 1.22. The smallest absolute Gasteiger partial charge is 0.226 e. The van der Waals surface area contributed by atoms with Crippen LogP contribution in [0.3, 0.4) is 0 Å². The minimum Gasteiger partial charge on any atom is -0.392 e. The molecule has 2 rings (SSSR count). The van der Waals surface area contributed by atoms with E-state index in [0.29, 0.717) is 11.5 Å². The number of carbonyl (C=O) groups is 1. The first-order valence-electron chi connectivity index (χ1n) is 6.78. The third-order valence-corrected chi connectivity index (χ3v) is 3.19. The maximum Gasteiger partial charge on any atom is 0.226 e. The number of aliphatic hydroxyl groups is 1. The largest absolute Gasteiger partial charge is 0.392 e. The van der Waals surface area contributed by atoms with Gasteiger partial charge >= 0.3 is 0 Å². The van der Waals surface area contributed by atoms with Crippen LogP contribution in [0.4, 0.5) is 5.69 Å². The lowest BCUT2D eigenvalue weighted by atomic mass is 10.0. The van der Waals surface area contributed by atoms with Gasteiger partial charge in [-0.15, -0.1) is 5.10 Å². The molecule has 0 aliphatic rings. The van der Waals surface area contributed by atoms with Crippen molar-refractivity contribution in [3.63, 3.8) is 0 Å². The number of carbonyl (C=O) groups excluding carboxylic acids is 1. The van der Waals surface area contributed by atoms with Gasteiger partial charge in [0.15, 0.2) is 5.82 Å². The number of aliphatic hydroxyl groups excluding tert-OH is 1. The van der Waals surface area contributed by atoms with Crippen LogP contribution in [0.2, 0.25) is 0 Å². The second-order valence-corrected chi connectivity index (χ2v) is 5.27. The average molecular weight is 289 g/mol. The number of aromatic nitrogens is 4. The van der Waals surface area contributed by atoms with E-state index in [1.807, 2.05) is 26.0 Å². The molecule has 7 nitrogen and oxygen atoms in total. The molecule has 1 atom stereocenters. The Labute approximate surface area is 123 Å². The van der Waals surface area contributed by atoms with Crippen molar-refractivity contribution >= 4 is 11.6 Å². The summed E-state index contributed by atoms with van der Waals surface area (Å²) in [6.45, 7) is 3.75. The zero-order valence-corrected chi connectivity index (χ0v) is 12.3. The van der Waals surface area contributed by atoms with E-state index >= 15 is 0 Å². The molecule has 0 saturated carbocycles. The maximum atomic E-state index is 11.9. The maximum absolute atomic E-state index is 11.9. The molecule has 0 aliphatic heterocycles. The first-order valence-corrected chi connectivity index (χ1v) is 6.78. The fraction of sp³-hybridized carbons (Fsp3) is 0.429. The molecular weight excluding hydrogens is 270 g/mol. The number of aryl methyl sites for hydroxylation is 1. The van der Waals surface area contributed by atoms with Crippen molar-refractivity contribution in [1.29, 1.82) is 0 Å². The minimum atomic E-state index is -0.642. The Morgan fingerprint density at radius 1 is 1.43 bits per heavy atom. The number of benzene rings is 1. The third kappa shape index (κ3) is 3.85. The van der Waals surface area contributed by atoms with Crippen molar-refractivity contribution in [2.45, 2.75) is 26.4 Å². The highest BCUT2D eigenvalue weighted by molar-refractivity contribution is 5.91. The van der Waals surface area contributed by atoms with Crippen molar-refractivity contribution in [1.82, 2.24) is 20.2 Å². The summed E-state index contributed by atoms with van der Waals surface area (Å²) in [6.07, 6.45) is -0.566. The molecule has 1 heterocycles. The van der Waals surface area contributed by atoms with Crippen LogP contribution in [0.15, 0.2) is 24.3 Å². The molecule has 21 heavy (non-hydrogen) atoms. The Morgan fingerprint density at radius 3 is 2.81 bits per heavy atom. The summed E-state index contributed by atoms with van der Waals surface area (Å²) in [5.74, 6) is 0.449. The fourth-order valence-corrected chi connectivity index (χ4v) is 1.85. The number of tetrazole rings is 1. The molecule has 1 amide bonds. The number of hydrogen-bond donors (Lipinski definition) is 2. The van der Waals surface area contributed by atoms with Gasteiger partial charge in [-0.1, -0.05) is 26.0 Å². The molecule has 112 valence electrons. The van der Waals surface area contributed by atoms with E-state index in [1.165, 1.54) is 0 Å². The molecule has 1 unspecified atom stereocenters. The molecule has 2 N–H and O–H groups in total. The fourth-order valence-electron chi connectivity index (χ4n) is 1.85. The second-order valence-electron chi connectivity index (χ2n) is 5.27. The summed E-state index contributed by atoms with van der Waals surface area (Å²) in [6, 6.07) is 7.26. The zero-order valence-electron chi connectivity index (χ0n) is 12.3. The second kappa shape index (κ2) is 6.45. The van der Waals surface area contributed by atoms with Gasteiger partial charge in [0.2, 0.25) is 5.91 Å². The highest BCUT2D eigenvalue weighted by Gasteiger charge is 2.15. The number of nitrogens with one attached hydrogen (secondary N) is 1. The SMILES string of the molecule is CC(C)C(O)CC(=O)Nc1cccc(-c2nnnn2C)c1. The molecule has 0 fully saturated rings. The van der Waals surface area contributed by atoms with Crippen molar-refractivity contribution in [2.24, 2.45) is 13.0 Å². The number of rotatable bonds is 5. The van der Waals surface area contributed by atoms with E-state index in [9.17, 15) is 9.90 Å². The van der Waals surface area contributed by atoms with Crippen LogP contribution in [0, 0.1) is 5.92 Å². The van der Waals surface area contributed by atoms with Crippen LogP contribution in [-0.4, -0.2) is 37.3 Å². The van der Waals surface area contributed by atoms with E-state index < -0.39 is 6.10 Å². The third-order valence-electron chi connectivity index (χ3n) is 3.19. The first kappa shape index (κ1) is 15.1. The standard InChI is InChI=1S/C14H19N5O2/c1-9(2)12(20)8-13(21)15-11-6-4-5-10(7-11)14-16-17-18-19(14)3/h4-7,9,12,20H,8H2,1-3H3,(H,15,21). The van der Waals surface area contributed by atoms with Crippen LogP contribution in [0.5, 0.6) is 0 Å². The number of amides is 1. The number of nitrogens with zero attached hydrogens (tertiary/aromatic N) is 4. The number of anilines is 1. The summed E-state index contributed by atoms with van der Waals surface area (Å²) < 4.78 is 1.56. The highest BCUT2D eigenvalue weighted by atomic mass is 16.3. The molecule has 0 saturated heterocycles. The molecule has 0 spiro atoms. The van der Waals surface area contributed by atoms with Crippen molar-refractivity contribution in [3.8, 4) is 11.4 Å². The van der Waals surface area contributed by atoms with Gasteiger partial charge in [-0.25, -0.2) is 4.68 Å². The van der Waals surface area contributed by atoms with Gasteiger partial charge in [0.05, 0.1) is 12.5 Å². The van der Waals surface area contributed by atoms with Gasteiger partial charge in [-0.3, -0.25) is 4.79 Å². The quantitative estimate of drug-likeness (QED) is 0.863. The molecule has 2 aromatic rings. The average Bonchev–Trinajstić information content (AvgIpc) is 2.85. The molecule has 0 bridgehead atoms. The molecule has 7 heteroatoms. The first-order chi connectivity index (χ1) is 9.97. The van der Waals surface area contributed by atoms with Crippen molar-refractivity contribution in [2.75, 3.05) is 5.32 Å². The monoisotopic (exact) mass is 289 g/mol. The van der Waals surface area contributed by atoms with Crippen LogP contribution >= 0.6 is 0 Å². The Kier molecular flexibility index (Phi) is 4.64. The normalized spacial score (nSPS) is 12.4. The van der Waals surface area contributed by atoms with E-state index in [1.54, 1.807) is 23.9 Å². The van der Waals surface area contributed by atoms with E-state index in [4.69, 9.17) is 0 Å². The zero-order chi connectivity index (χ0) is 15.4. The molecule has 0 aliphatic carbocycles. The van der Waals surface area contributed by atoms with Gasteiger partial charge in [-0.05, 0) is 28.5 Å². The lowest BCUT2D eigenvalue weighted by molar-refractivity contribution is -0.118. The predicted molar refractivity (Wildman–Crippen MR) is 78.3 cm³/mol. The summed E-state index contributed by atoms with van der Waals surface area (Å²) >= 11 is 0. The molecule has 1 aromatic heterocycles.